The lowest BCUT2D eigenvalue weighted by atomic mass is 10.1. The summed E-state index contributed by atoms with van der Waals surface area (Å²) in [6.07, 6.45) is -0.00335. The fourth-order valence-electron chi connectivity index (χ4n) is 3.24. The van der Waals surface area contributed by atoms with Gasteiger partial charge in [0.25, 0.3) is 5.91 Å². The van der Waals surface area contributed by atoms with E-state index in [0.717, 1.165) is 13.0 Å². The highest BCUT2D eigenvalue weighted by atomic mass is 16.6. The van der Waals surface area contributed by atoms with Gasteiger partial charge in [0, 0.05) is 32.2 Å². The van der Waals surface area contributed by atoms with Gasteiger partial charge in [0.05, 0.1) is 6.61 Å². The number of amides is 1. The van der Waals surface area contributed by atoms with Crippen LogP contribution in [0.4, 0.5) is 0 Å². The molecular weight excluding hydrogens is 352 g/mol. The number of carbonyl (C=O) groups excluding carboxylic acids is 1. The third-order valence-electron chi connectivity index (χ3n) is 4.74. The molecule has 0 aliphatic carbocycles. The lowest BCUT2D eigenvalue weighted by Crippen LogP contribution is -2.35. The molecule has 0 bridgehead atoms. The molecule has 3 atom stereocenters. The number of aromatic nitrogens is 1. The molecule has 2 aromatic rings. The second-order valence-electron chi connectivity index (χ2n) is 6.62. The van der Waals surface area contributed by atoms with Crippen LogP contribution in [-0.2, 0) is 9.47 Å². The molecule has 144 valence electrons. The van der Waals surface area contributed by atoms with Crippen LogP contribution in [-0.4, -0.2) is 50.6 Å². The van der Waals surface area contributed by atoms with Crippen LogP contribution in [0.1, 0.15) is 28.8 Å². The number of nitrogens with zero attached hydrogens (tertiary/aromatic N) is 1. The van der Waals surface area contributed by atoms with E-state index in [1.807, 2.05) is 24.3 Å². The number of hydrogen-bond donors (Lipinski definition) is 1. The Kier molecular flexibility index (Phi) is 5.26. The van der Waals surface area contributed by atoms with E-state index in [1.54, 1.807) is 13.2 Å². The summed E-state index contributed by atoms with van der Waals surface area (Å²) in [5.41, 5.74) is 0.211. The highest BCUT2D eigenvalue weighted by Crippen LogP contribution is 2.35. The second kappa shape index (κ2) is 7.98. The van der Waals surface area contributed by atoms with Crippen LogP contribution >= 0.6 is 0 Å². The van der Waals surface area contributed by atoms with Crippen LogP contribution in [0, 0.1) is 5.92 Å². The molecule has 3 heterocycles. The van der Waals surface area contributed by atoms with Gasteiger partial charge in [-0.3, -0.25) is 4.79 Å². The van der Waals surface area contributed by atoms with Crippen molar-refractivity contribution in [1.29, 1.82) is 0 Å². The zero-order valence-electron chi connectivity index (χ0n) is 15.1. The van der Waals surface area contributed by atoms with Crippen LogP contribution < -0.4 is 14.8 Å². The minimum absolute atomic E-state index is 0.211. The van der Waals surface area contributed by atoms with E-state index in [4.69, 9.17) is 23.5 Å². The largest absolute Gasteiger partial charge is 0.486 e. The first-order valence-corrected chi connectivity index (χ1v) is 8.98. The zero-order chi connectivity index (χ0) is 18.6. The van der Waals surface area contributed by atoms with Gasteiger partial charge in [-0.15, -0.1) is 0 Å². The van der Waals surface area contributed by atoms with E-state index in [0.29, 0.717) is 42.9 Å². The predicted octanol–water partition coefficient (Wildman–Crippen LogP) is 1.97. The molecule has 1 amide bonds. The monoisotopic (exact) mass is 374 g/mol. The Morgan fingerprint density at radius 1 is 1.33 bits per heavy atom. The van der Waals surface area contributed by atoms with Gasteiger partial charge in [-0.25, -0.2) is 0 Å². The SMILES string of the molecule is COC(c1cc(C(=O)NCC2CCOC2)no1)C1COc2ccccc2O1. The summed E-state index contributed by atoms with van der Waals surface area (Å²) in [4.78, 5) is 12.3. The molecule has 0 spiro atoms. The Bertz CT molecular complexity index is 786. The third-order valence-corrected chi connectivity index (χ3v) is 4.74. The summed E-state index contributed by atoms with van der Waals surface area (Å²) in [6, 6.07) is 9.02. The number of para-hydroxylation sites is 2. The van der Waals surface area contributed by atoms with Crippen molar-refractivity contribution in [1.82, 2.24) is 10.5 Å². The molecule has 1 aromatic heterocycles. The van der Waals surface area contributed by atoms with Crippen LogP contribution in [0.5, 0.6) is 11.5 Å². The van der Waals surface area contributed by atoms with Gasteiger partial charge in [0.15, 0.2) is 35.2 Å². The number of ether oxygens (including phenoxy) is 4. The molecule has 0 saturated carbocycles. The van der Waals surface area contributed by atoms with Crippen molar-refractivity contribution >= 4 is 5.91 Å². The maximum absolute atomic E-state index is 12.3. The summed E-state index contributed by atoms with van der Waals surface area (Å²) in [7, 11) is 1.55. The maximum atomic E-state index is 12.3. The summed E-state index contributed by atoms with van der Waals surface area (Å²) in [5, 5.41) is 6.74. The summed E-state index contributed by atoms with van der Waals surface area (Å²) < 4.78 is 27.9. The highest BCUT2D eigenvalue weighted by molar-refractivity contribution is 5.92. The fourth-order valence-corrected chi connectivity index (χ4v) is 3.24. The molecule has 4 rings (SSSR count). The number of benzene rings is 1. The van der Waals surface area contributed by atoms with Crippen molar-refractivity contribution in [2.75, 3.05) is 33.5 Å². The van der Waals surface area contributed by atoms with Crippen LogP contribution in [0.15, 0.2) is 34.9 Å². The van der Waals surface area contributed by atoms with Crippen LogP contribution in [0.2, 0.25) is 0 Å². The van der Waals surface area contributed by atoms with E-state index in [9.17, 15) is 4.79 Å². The topological polar surface area (TPSA) is 92.1 Å². The fraction of sp³-hybridized carbons (Fsp3) is 0.474. The average molecular weight is 374 g/mol. The average Bonchev–Trinajstić information content (AvgIpc) is 3.39. The zero-order valence-corrected chi connectivity index (χ0v) is 15.1. The third kappa shape index (κ3) is 3.91. The van der Waals surface area contributed by atoms with Crippen LogP contribution in [0.25, 0.3) is 0 Å². The normalized spacial score (nSPS) is 22.4. The number of rotatable bonds is 6. The van der Waals surface area contributed by atoms with Crippen molar-refractivity contribution < 1.29 is 28.3 Å². The molecular formula is C19H22N2O6. The number of carbonyl (C=O) groups is 1. The molecule has 27 heavy (non-hydrogen) atoms. The summed E-state index contributed by atoms with van der Waals surface area (Å²) >= 11 is 0. The lowest BCUT2D eigenvalue weighted by Gasteiger charge is -2.30. The first-order chi connectivity index (χ1) is 13.2. The van der Waals surface area contributed by atoms with Gasteiger partial charge in [-0.1, -0.05) is 17.3 Å². The predicted molar refractivity (Wildman–Crippen MR) is 93.9 cm³/mol. The number of fused-ring (bicyclic) bond motifs is 1. The molecule has 1 saturated heterocycles. The highest BCUT2D eigenvalue weighted by Gasteiger charge is 2.33. The first-order valence-electron chi connectivity index (χ1n) is 8.98. The van der Waals surface area contributed by atoms with E-state index in [2.05, 4.69) is 10.5 Å². The van der Waals surface area contributed by atoms with Crippen molar-refractivity contribution in [3.8, 4) is 11.5 Å². The number of nitrogens with one attached hydrogen (secondary N) is 1. The Balaban J connectivity index is 1.41. The summed E-state index contributed by atoms with van der Waals surface area (Å²) in [6.45, 7) is 2.29. The van der Waals surface area contributed by atoms with Crippen molar-refractivity contribution in [2.45, 2.75) is 18.6 Å². The van der Waals surface area contributed by atoms with Crippen molar-refractivity contribution in [3.63, 3.8) is 0 Å². The molecule has 8 heteroatoms. The van der Waals surface area contributed by atoms with Gasteiger partial charge < -0.3 is 28.8 Å². The van der Waals surface area contributed by atoms with Gasteiger partial charge in [-0.2, -0.15) is 0 Å². The van der Waals surface area contributed by atoms with E-state index >= 15 is 0 Å². The smallest absolute Gasteiger partial charge is 0.273 e. The minimum atomic E-state index is -0.546. The molecule has 8 nitrogen and oxygen atoms in total. The molecule has 1 N–H and O–H groups in total. The van der Waals surface area contributed by atoms with Crippen LogP contribution in [0.3, 0.4) is 0 Å². The van der Waals surface area contributed by atoms with E-state index in [-0.39, 0.29) is 11.6 Å². The van der Waals surface area contributed by atoms with E-state index < -0.39 is 12.2 Å². The van der Waals surface area contributed by atoms with Crippen molar-refractivity contribution in [3.05, 3.63) is 41.8 Å². The number of hydrogen-bond acceptors (Lipinski definition) is 7. The molecule has 3 unspecified atom stereocenters. The molecule has 1 fully saturated rings. The molecule has 0 radical (unpaired) electrons. The Morgan fingerprint density at radius 2 is 2.19 bits per heavy atom. The summed E-state index contributed by atoms with van der Waals surface area (Å²) in [5.74, 6) is 1.82. The van der Waals surface area contributed by atoms with Gasteiger partial charge in [0.1, 0.15) is 6.61 Å². The van der Waals surface area contributed by atoms with Gasteiger partial charge >= 0.3 is 0 Å². The van der Waals surface area contributed by atoms with Crippen molar-refractivity contribution in [2.24, 2.45) is 5.92 Å². The molecule has 2 aliphatic heterocycles. The second-order valence-corrected chi connectivity index (χ2v) is 6.62. The Labute approximate surface area is 156 Å². The standard InChI is InChI=1S/C19H22N2O6/c1-23-18(17-11-25-14-4-2-3-5-15(14)26-17)16-8-13(21-27-16)19(22)20-9-12-6-7-24-10-12/h2-5,8,12,17-18H,6-7,9-11H2,1H3,(H,20,22). The maximum Gasteiger partial charge on any atom is 0.273 e. The van der Waals surface area contributed by atoms with Gasteiger partial charge in [0.2, 0.25) is 0 Å². The van der Waals surface area contributed by atoms with Gasteiger partial charge in [-0.05, 0) is 18.6 Å². The lowest BCUT2D eigenvalue weighted by molar-refractivity contribution is -0.0465. The minimum Gasteiger partial charge on any atom is -0.486 e. The van der Waals surface area contributed by atoms with E-state index in [1.165, 1.54) is 0 Å². The number of methoxy groups -OCH3 is 1. The Hall–Kier alpha value is -2.58. The first kappa shape index (κ1) is 17.8. The molecule has 1 aromatic carbocycles. The Morgan fingerprint density at radius 3 is 2.96 bits per heavy atom. The quantitative estimate of drug-likeness (QED) is 0.826. The molecule has 2 aliphatic rings.